The van der Waals surface area contributed by atoms with Gasteiger partial charge in [0.1, 0.15) is 5.75 Å². The lowest BCUT2D eigenvalue weighted by Gasteiger charge is -2.18. The van der Waals surface area contributed by atoms with Gasteiger partial charge in [-0.25, -0.2) is 0 Å². The maximum Gasteiger partial charge on any atom is 0.119 e. The lowest BCUT2D eigenvalue weighted by Crippen LogP contribution is -2.21. The standard InChI is InChI=1S/C16H20INOS/c1-4-18-16(13-9-15(17)20-10-13)12-5-7-14(8-6-12)19-11(2)3/h5-11,16,18H,4H2,1-3H3. The Labute approximate surface area is 138 Å². The second-order valence-electron chi connectivity index (χ2n) is 4.91. The molecule has 0 aliphatic rings. The molecule has 0 spiro atoms. The Balaban J connectivity index is 2.21. The van der Waals surface area contributed by atoms with Gasteiger partial charge in [0.2, 0.25) is 0 Å². The van der Waals surface area contributed by atoms with E-state index < -0.39 is 0 Å². The predicted molar refractivity (Wildman–Crippen MR) is 94.8 cm³/mol. The molecule has 1 aromatic carbocycles. The Bertz CT molecular complexity index is 536. The van der Waals surface area contributed by atoms with Crippen LogP contribution in [0, 0.1) is 2.88 Å². The van der Waals surface area contributed by atoms with Gasteiger partial charge in [-0.1, -0.05) is 19.1 Å². The van der Waals surface area contributed by atoms with Gasteiger partial charge in [-0.2, -0.15) is 0 Å². The summed E-state index contributed by atoms with van der Waals surface area (Å²) in [6, 6.07) is 10.9. The van der Waals surface area contributed by atoms with Crippen molar-refractivity contribution in [3.8, 4) is 5.75 Å². The number of rotatable bonds is 6. The van der Waals surface area contributed by atoms with Crippen molar-refractivity contribution in [2.45, 2.75) is 32.9 Å². The third-order valence-corrected chi connectivity index (χ3v) is 4.72. The van der Waals surface area contributed by atoms with Gasteiger partial charge in [-0.15, -0.1) is 11.3 Å². The molecule has 20 heavy (non-hydrogen) atoms. The van der Waals surface area contributed by atoms with Gasteiger partial charge >= 0.3 is 0 Å². The molecule has 1 heterocycles. The average molecular weight is 401 g/mol. The van der Waals surface area contributed by atoms with E-state index in [1.165, 1.54) is 14.0 Å². The van der Waals surface area contributed by atoms with Gasteiger partial charge < -0.3 is 10.1 Å². The summed E-state index contributed by atoms with van der Waals surface area (Å²) < 4.78 is 7.02. The van der Waals surface area contributed by atoms with E-state index in [4.69, 9.17) is 4.74 Å². The van der Waals surface area contributed by atoms with Gasteiger partial charge in [0.15, 0.2) is 0 Å². The fourth-order valence-electron chi connectivity index (χ4n) is 2.12. The summed E-state index contributed by atoms with van der Waals surface area (Å²) in [5.74, 6) is 0.930. The van der Waals surface area contributed by atoms with Crippen LogP contribution < -0.4 is 10.1 Å². The van der Waals surface area contributed by atoms with Gasteiger partial charge in [0, 0.05) is 0 Å². The van der Waals surface area contributed by atoms with Gasteiger partial charge in [0.05, 0.1) is 15.0 Å². The Morgan fingerprint density at radius 2 is 1.90 bits per heavy atom. The normalized spacial score (nSPS) is 12.7. The summed E-state index contributed by atoms with van der Waals surface area (Å²) in [4.78, 5) is 0. The van der Waals surface area contributed by atoms with E-state index in [1.54, 1.807) is 11.3 Å². The molecular weight excluding hydrogens is 381 g/mol. The first-order valence-corrected chi connectivity index (χ1v) is 8.80. The fourth-order valence-corrected chi connectivity index (χ4v) is 3.52. The van der Waals surface area contributed by atoms with Crippen molar-refractivity contribution < 1.29 is 4.74 Å². The third-order valence-electron chi connectivity index (χ3n) is 2.91. The van der Waals surface area contributed by atoms with E-state index in [-0.39, 0.29) is 12.1 Å². The van der Waals surface area contributed by atoms with Crippen LogP contribution in [0.3, 0.4) is 0 Å². The first kappa shape index (κ1) is 15.8. The van der Waals surface area contributed by atoms with Crippen LogP contribution in [-0.4, -0.2) is 12.6 Å². The summed E-state index contributed by atoms with van der Waals surface area (Å²) in [6.45, 7) is 7.17. The molecule has 1 N–H and O–H groups in total. The summed E-state index contributed by atoms with van der Waals surface area (Å²) in [6.07, 6.45) is 0.212. The average Bonchev–Trinajstić information content (AvgIpc) is 2.83. The van der Waals surface area contributed by atoms with Crippen LogP contribution in [0.15, 0.2) is 35.7 Å². The van der Waals surface area contributed by atoms with Crippen molar-refractivity contribution >= 4 is 33.9 Å². The Kier molecular flexibility index (Phi) is 5.86. The zero-order chi connectivity index (χ0) is 14.5. The second kappa shape index (κ2) is 7.43. The molecule has 4 heteroatoms. The van der Waals surface area contributed by atoms with Crippen LogP contribution >= 0.6 is 33.9 Å². The molecule has 0 bridgehead atoms. The number of thiophene rings is 1. The minimum Gasteiger partial charge on any atom is -0.491 e. The number of benzene rings is 1. The molecule has 1 unspecified atom stereocenters. The summed E-state index contributed by atoms with van der Waals surface area (Å²) in [7, 11) is 0. The lowest BCUT2D eigenvalue weighted by molar-refractivity contribution is 0.242. The molecule has 2 aromatic rings. The minimum atomic E-state index is 0.212. The highest BCUT2D eigenvalue weighted by Crippen LogP contribution is 2.28. The maximum absolute atomic E-state index is 5.70. The Morgan fingerprint density at radius 1 is 1.20 bits per heavy atom. The van der Waals surface area contributed by atoms with Gasteiger partial charge in [-0.05, 0) is 77.7 Å². The number of hydrogen-bond acceptors (Lipinski definition) is 3. The molecule has 0 aliphatic carbocycles. The third kappa shape index (κ3) is 4.20. The molecule has 108 valence electrons. The quantitative estimate of drug-likeness (QED) is 0.700. The fraction of sp³-hybridized carbons (Fsp3) is 0.375. The van der Waals surface area contributed by atoms with Crippen molar-refractivity contribution in [1.82, 2.24) is 5.32 Å². The van der Waals surface area contributed by atoms with Crippen LogP contribution in [0.2, 0.25) is 0 Å². The second-order valence-corrected chi connectivity index (χ2v) is 7.72. The molecule has 0 saturated carbocycles. The van der Waals surface area contributed by atoms with Crippen molar-refractivity contribution in [2.75, 3.05) is 6.54 Å². The Morgan fingerprint density at radius 3 is 2.40 bits per heavy atom. The lowest BCUT2D eigenvalue weighted by atomic mass is 10.0. The molecule has 1 aromatic heterocycles. The zero-order valence-corrected chi connectivity index (χ0v) is 15.0. The maximum atomic E-state index is 5.70. The summed E-state index contributed by atoms with van der Waals surface area (Å²) >= 11 is 4.16. The molecule has 2 nitrogen and oxygen atoms in total. The number of hydrogen-bond donors (Lipinski definition) is 1. The van der Waals surface area contributed by atoms with Gasteiger partial charge in [-0.3, -0.25) is 0 Å². The van der Waals surface area contributed by atoms with Crippen LogP contribution in [-0.2, 0) is 0 Å². The number of nitrogens with one attached hydrogen (secondary N) is 1. The van der Waals surface area contributed by atoms with Crippen molar-refractivity contribution in [3.05, 3.63) is 49.7 Å². The topological polar surface area (TPSA) is 21.3 Å². The van der Waals surface area contributed by atoms with Crippen LogP contribution in [0.1, 0.15) is 37.9 Å². The van der Waals surface area contributed by atoms with Crippen molar-refractivity contribution in [3.63, 3.8) is 0 Å². The smallest absolute Gasteiger partial charge is 0.119 e. The van der Waals surface area contributed by atoms with E-state index in [9.17, 15) is 0 Å². The highest BCUT2D eigenvalue weighted by molar-refractivity contribution is 14.1. The van der Waals surface area contributed by atoms with Crippen molar-refractivity contribution in [2.24, 2.45) is 0 Å². The first-order chi connectivity index (χ1) is 9.60. The Hall–Kier alpha value is -0.590. The van der Waals surface area contributed by atoms with Gasteiger partial charge in [0.25, 0.3) is 0 Å². The number of halogens is 1. The molecule has 0 aliphatic heterocycles. The van der Waals surface area contributed by atoms with Crippen molar-refractivity contribution in [1.29, 1.82) is 0 Å². The van der Waals surface area contributed by atoms with Crippen LogP contribution in [0.5, 0.6) is 5.75 Å². The zero-order valence-electron chi connectivity index (χ0n) is 12.0. The van der Waals surface area contributed by atoms with E-state index >= 15 is 0 Å². The summed E-state index contributed by atoms with van der Waals surface area (Å²) in [5, 5.41) is 5.78. The molecule has 1 atom stereocenters. The number of ether oxygens (including phenoxy) is 1. The van der Waals surface area contributed by atoms with E-state index in [0.717, 1.165) is 12.3 Å². The molecule has 0 saturated heterocycles. The largest absolute Gasteiger partial charge is 0.491 e. The summed E-state index contributed by atoms with van der Waals surface area (Å²) in [5.41, 5.74) is 2.61. The predicted octanol–water partition coefficient (Wildman–Crippen LogP) is 4.84. The van der Waals surface area contributed by atoms with E-state index in [1.807, 2.05) is 13.8 Å². The first-order valence-electron chi connectivity index (χ1n) is 6.84. The molecule has 0 radical (unpaired) electrons. The van der Waals surface area contributed by atoms with Crippen LogP contribution in [0.4, 0.5) is 0 Å². The molecular formula is C16H20INOS. The monoisotopic (exact) mass is 401 g/mol. The SMILES string of the molecule is CCNC(c1ccc(OC(C)C)cc1)c1csc(I)c1. The van der Waals surface area contributed by atoms with E-state index in [2.05, 4.69) is 70.5 Å². The highest BCUT2D eigenvalue weighted by Gasteiger charge is 2.14. The molecule has 0 amide bonds. The van der Waals surface area contributed by atoms with Crippen LogP contribution in [0.25, 0.3) is 0 Å². The molecule has 0 fully saturated rings. The van der Waals surface area contributed by atoms with E-state index in [0.29, 0.717) is 0 Å². The molecule has 2 rings (SSSR count). The highest BCUT2D eigenvalue weighted by atomic mass is 127. The minimum absolute atomic E-state index is 0.212.